The molecule has 3 aromatic carbocycles. The number of carbonyl (C=O) groups excluding carboxylic acids is 1. The van der Waals surface area contributed by atoms with Crippen LogP contribution < -0.4 is 4.90 Å². The number of benzene rings is 3. The van der Waals surface area contributed by atoms with Crippen molar-refractivity contribution in [3.05, 3.63) is 128 Å². The number of hydrogen-bond donors (Lipinski definition) is 0. The van der Waals surface area contributed by atoms with Crippen LogP contribution in [0.15, 0.2) is 90.3 Å². The normalized spacial score (nSPS) is 17.0. The Kier molecular flexibility index (Phi) is 5.10. The SMILES string of the molecule is Cc1ccc(C2(c3ccc(C)cc3)C(=O)N(c3ccc([N+](=O)[O-])cc3)C2c2cccs2)cc1. The molecule has 5 rings (SSSR count). The van der Waals surface area contributed by atoms with Gasteiger partial charge in [-0.1, -0.05) is 65.7 Å². The quantitative estimate of drug-likeness (QED) is 0.201. The first-order valence-corrected chi connectivity index (χ1v) is 11.6. The molecule has 1 unspecified atom stereocenters. The second-order valence-corrected chi connectivity index (χ2v) is 9.39. The summed E-state index contributed by atoms with van der Waals surface area (Å²) in [7, 11) is 0. The lowest BCUT2D eigenvalue weighted by atomic mass is 9.61. The maximum absolute atomic E-state index is 14.2. The summed E-state index contributed by atoms with van der Waals surface area (Å²) in [6.45, 7) is 4.07. The summed E-state index contributed by atoms with van der Waals surface area (Å²) in [5.74, 6) is -0.0394. The third-order valence-electron chi connectivity index (χ3n) is 6.39. The van der Waals surface area contributed by atoms with E-state index in [1.165, 1.54) is 12.1 Å². The predicted octanol–water partition coefficient (Wildman–Crippen LogP) is 6.35. The molecule has 5 nitrogen and oxygen atoms in total. The highest BCUT2D eigenvalue weighted by Gasteiger charge is 2.64. The van der Waals surface area contributed by atoms with E-state index < -0.39 is 10.3 Å². The Morgan fingerprint density at radius 2 is 1.39 bits per heavy atom. The van der Waals surface area contributed by atoms with Crippen molar-refractivity contribution >= 4 is 28.6 Å². The van der Waals surface area contributed by atoms with Crippen LogP contribution in [0.5, 0.6) is 0 Å². The van der Waals surface area contributed by atoms with Crippen molar-refractivity contribution < 1.29 is 9.72 Å². The Morgan fingerprint density at radius 1 is 0.848 bits per heavy atom. The summed E-state index contributed by atoms with van der Waals surface area (Å²) in [6.07, 6.45) is 0. The van der Waals surface area contributed by atoms with Gasteiger partial charge in [0.25, 0.3) is 5.69 Å². The number of carbonyl (C=O) groups is 1. The van der Waals surface area contributed by atoms with Crippen molar-refractivity contribution in [3.63, 3.8) is 0 Å². The zero-order chi connectivity index (χ0) is 23.2. The maximum atomic E-state index is 14.2. The minimum atomic E-state index is -0.881. The maximum Gasteiger partial charge on any atom is 0.269 e. The number of β-lactam (4-membered cyclic amide) rings is 1. The van der Waals surface area contributed by atoms with Crippen LogP contribution in [0.25, 0.3) is 0 Å². The third-order valence-corrected chi connectivity index (χ3v) is 7.31. The van der Waals surface area contributed by atoms with Crippen LogP contribution in [0, 0.1) is 24.0 Å². The molecule has 0 saturated carbocycles. The van der Waals surface area contributed by atoms with Gasteiger partial charge in [-0.2, -0.15) is 0 Å². The molecule has 0 radical (unpaired) electrons. The molecule has 6 heteroatoms. The molecule has 0 aliphatic carbocycles. The molecule has 0 spiro atoms. The van der Waals surface area contributed by atoms with E-state index in [1.54, 1.807) is 28.4 Å². The van der Waals surface area contributed by atoms with E-state index in [0.717, 1.165) is 27.1 Å². The van der Waals surface area contributed by atoms with E-state index in [0.29, 0.717) is 5.69 Å². The number of nitrogens with zero attached hydrogens (tertiary/aromatic N) is 2. The molecule has 1 aromatic heterocycles. The van der Waals surface area contributed by atoms with Crippen molar-refractivity contribution in [2.45, 2.75) is 25.3 Å². The average molecular weight is 455 g/mol. The number of rotatable bonds is 5. The monoisotopic (exact) mass is 454 g/mol. The van der Waals surface area contributed by atoms with Crippen LogP contribution in [0.1, 0.15) is 33.2 Å². The summed E-state index contributed by atoms with van der Waals surface area (Å²) < 4.78 is 0. The van der Waals surface area contributed by atoms with Crippen molar-refractivity contribution in [1.82, 2.24) is 0 Å². The van der Waals surface area contributed by atoms with Gasteiger partial charge in [0.15, 0.2) is 0 Å². The van der Waals surface area contributed by atoms with E-state index >= 15 is 0 Å². The lowest BCUT2D eigenvalue weighted by Crippen LogP contribution is -2.67. The number of nitro groups is 1. The third kappa shape index (κ3) is 3.26. The van der Waals surface area contributed by atoms with Gasteiger partial charge < -0.3 is 4.90 Å². The molecule has 1 saturated heterocycles. The predicted molar refractivity (Wildman–Crippen MR) is 131 cm³/mol. The average Bonchev–Trinajstić information content (AvgIpc) is 3.34. The summed E-state index contributed by atoms with van der Waals surface area (Å²) in [4.78, 5) is 27.7. The molecule has 164 valence electrons. The van der Waals surface area contributed by atoms with Crippen molar-refractivity contribution in [1.29, 1.82) is 0 Å². The van der Waals surface area contributed by atoms with Gasteiger partial charge in [-0.15, -0.1) is 11.3 Å². The Morgan fingerprint density at radius 3 is 1.85 bits per heavy atom. The fourth-order valence-electron chi connectivity index (χ4n) is 4.70. The zero-order valence-corrected chi connectivity index (χ0v) is 19.1. The van der Waals surface area contributed by atoms with E-state index in [9.17, 15) is 14.9 Å². The van der Waals surface area contributed by atoms with Gasteiger partial charge in [0.2, 0.25) is 5.91 Å². The minimum Gasteiger partial charge on any atom is -0.301 e. The van der Waals surface area contributed by atoms with Gasteiger partial charge in [0, 0.05) is 22.7 Å². The number of nitro benzene ring substituents is 1. The van der Waals surface area contributed by atoms with Gasteiger partial charge in [-0.05, 0) is 48.6 Å². The Bertz CT molecular complexity index is 1270. The summed E-state index contributed by atoms with van der Waals surface area (Å²) in [5, 5.41) is 13.2. The first-order valence-electron chi connectivity index (χ1n) is 10.7. The van der Waals surface area contributed by atoms with Crippen LogP contribution >= 0.6 is 11.3 Å². The number of thiophene rings is 1. The van der Waals surface area contributed by atoms with Gasteiger partial charge in [-0.25, -0.2) is 0 Å². The number of anilines is 1. The van der Waals surface area contributed by atoms with E-state index in [1.807, 2.05) is 73.8 Å². The first kappa shape index (κ1) is 21.1. The Balaban J connectivity index is 1.72. The fraction of sp³-hybridized carbons (Fsp3) is 0.148. The number of aryl methyl sites for hydroxylation is 2. The molecule has 2 heterocycles. The second kappa shape index (κ2) is 7.98. The van der Waals surface area contributed by atoms with E-state index in [2.05, 4.69) is 6.07 Å². The molecule has 1 amide bonds. The zero-order valence-electron chi connectivity index (χ0n) is 18.3. The molecule has 33 heavy (non-hydrogen) atoms. The molecule has 1 fully saturated rings. The number of amides is 1. The largest absolute Gasteiger partial charge is 0.301 e. The molecule has 1 aliphatic rings. The minimum absolute atomic E-state index is 0.00253. The van der Waals surface area contributed by atoms with Crippen LogP contribution in [-0.4, -0.2) is 10.8 Å². The Labute approximate surface area is 196 Å². The highest BCUT2D eigenvalue weighted by molar-refractivity contribution is 7.10. The summed E-state index contributed by atoms with van der Waals surface area (Å²) >= 11 is 1.61. The van der Waals surface area contributed by atoms with E-state index in [4.69, 9.17) is 0 Å². The van der Waals surface area contributed by atoms with Crippen molar-refractivity contribution in [3.8, 4) is 0 Å². The van der Waals surface area contributed by atoms with Crippen LogP contribution in [-0.2, 0) is 10.2 Å². The van der Waals surface area contributed by atoms with Crippen molar-refractivity contribution in [2.24, 2.45) is 0 Å². The molecule has 4 aromatic rings. The van der Waals surface area contributed by atoms with E-state index in [-0.39, 0.29) is 17.6 Å². The smallest absolute Gasteiger partial charge is 0.269 e. The highest BCUT2D eigenvalue weighted by atomic mass is 32.1. The summed E-state index contributed by atoms with van der Waals surface area (Å²) in [6, 6.07) is 26.3. The van der Waals surface area contributed by atoms with Crippen LogP contribution in [0.4, 0.5) is 11.4 Å². The second-order valence-electron chi connectivity index (χ2n) is 8.41. The first-order chi connectivity index (χ1) is 15.9. The lowest BCUT2D eigenvalue weighted by molar-refractivity contribution is -0.384. The van der Waals surface area contributed by atoms with Gasteiger partial charge in [-0.3, -0.25) is 14.9 Å². The van der Waals surface area contributed by atoms with Gasteiger partial charge in [0.05, 0.1) is 11.0 Å². The molecular formula is C27H22N2O3S. The van der Waals surface area contributed by atoms with Crippen LogP contribution in [0.3, 0.4) is 0 Å². The Hall–Kier alpha value is -3.77. The standard InChI is InChI=1S/C27H22N2O3S/c1-18-5-9-20(10-6-18)27(21-11-7-19(2)8-12-21)25(24-4-3-17-33-24)28(26(27)30)22-13-15-23(16-14-22)29(31)32/h3-17,25H,1-2H3. The molecule has 1 aliphatic heterocycles. The number of hydrogen-bond acceptors (Lipinski definition) is 4. The van der Waals surface area contributed by atoms with Crippen LogP contribution in [0.2, 0.25) is 0 Å². The summed E-state index contributed by atoms with van der Waals surface area (Å²) in [5.41, 5.74) is 3.92. The fourth-order valence-corrected chi connectivity index (χ4v) is 5.59. The topological polar surface area (TPSA) is 63.5 Å². The lowest BCUT2D eigenvalue weighted by Gasteiger charge is -2.56. The molecular weight excluding hydrogens is 432 g/mol. The number of non-ortho nitro benzene ring substituents is 1. The van der Waals surface area contributed by atoms with Crippen molar-refractivity contribution in [2.75, 3.05) is 4.90 Å². The van der Waals surface area contributed by atoms with Gasteiger partial charge in [0.1, 0.15) is 5.41 Å². The molecule has 0 bridgehead atoms. The molecule has 1 atom stereocenters. The molecule has 0 N–H and O–H groups in total. The van der Waals surface area contributed by atoms with Gasteiger partial charge >= 0.3 is 0 Å². The highest BCUT2D eigenvalue weighted by Crippen LogP contribution is 2.58.